The van der Waals surface area contributed by atoms with Crippen molar-refractivity contribution in [3.8, 4) is 11.3 Å². The maximum absolute atomic E-state index is 11.5. The second-order valence-electron chi connectivity index (χ2n) is 4.03. The minimum atomic E-state index is -0.437. The number of aromatic nitrogens is 1. The third kappa shape index (κ3) is 2.19. The van der Waals surface area contributed by atoms with Crippen LogP contribution in [0.25, 0.3) is 11.3 Å². The van der Waals surface area contributed by atoms with Gasteiger partial charge in [-0.25, -0.2) is 0 Å². The summed E-state index contributed by atoms with van der Waals surface area (Å²) in [4.78, 5) is 11.5. The minimum absolute atomic E-state index is 0.437. The second kappa shape index (κ2) is 4.26. The van der Waals surface area contributed by atoms with Crippen molar-refractivity contribution in [2.24, 2.45) is 0 Å². The number of hydrogen-bond donors (Lipinski definition) is 1. The van der Waals surface area contributed by atoms with Gasteiger partial charge in [0.25, 0.3) is 5.56 Å². The highest BCUT2D eigenvalue weighted by molar-refractivity contribution is 6.31. The highest BCUT2D eigenvalue weighted by atomic mass is 35.5. The monoisotopic (exact) mass is 249 g/mol. The summed E-state index contributed by atoms with van der Waals surface area (Å²) < 4.78 is 0.648. The lowest BCUT2D eigenvalue weighted by atomic mass is 10.1. The Labute approximate surface area is 104 Å². The molecule has 1 heterocycles. The van der Waals surface area contributed by atoms with E-state index in [9.17, 15) is 10.0 Å². The predicted octanol–water partition coefficient (Wildman–Crippen LogP) is 3.02. The summed E-state index contributed by atoms with van der Waals surface area (Å²) in [6.45, 7) is 3.69. The molecular weight excluding hydrogens is 238 g/mol. The Morgan fingerprint density at radius 1 is 1.18 bits per heavy atom. The van der Waals surface area contributed by atoms with Crippen LogP contribution >= 0.6 is 11.6 Å². The van der Waals surface area contributed by atoms with Crippen molar-refractivity contribution in [1.82, 2.24) is 4.73 Å². The standard InChI is InChI=1S/C13H12ClNO2/c1-8-5-12(15(17)13(16)6-8)10-3-4-11(14)9(2)7-10/h3-7,17H,1-2H3. The molecular formula is C13H12ClNO2. The van der Waals surface area contributed by atoms with Gasteiger partial charge in [-0.2, -0.15) is 0 Å². The van der Waals surface area contributed by atoms with Gasteiger partial charge >= 0.3 is 0 Å². The summed E-state index contributed by atoms with van der Waals surface area (Å²) in [5.74, 6) is 0. The molecule has 1 N–H and O–H groups in total. The van der Waals surface area contributed by atoms with Crippen LogP contribution in [0.1, 0.15) is 11.1 Å². The fraction of sp³-hybridized carbons (Fsp3) is 0.154. The van der Waals surface area contributed by atoms with Crippen molar-refractivity contribution in [3.05, 3.63) is 56.8 Å². The van der Waals surface area contributed by atoms with E-state index in [0.717, 1.165) is 16.7 Å². The van der Waals surface area contributed by atoms with Crippen molar-refractivity contribution in [3.63, 3.8) is 0 Å². The van der Waals surface area contributed by atoms with E-state index in [-0.39, 0.29) is 0 Å². The Hall–Kier alpha value is -1.74. The molecule has 1 aromatic heterocycles. The van der Waals surface area contributed by atoms with E-state index in [4.69, 9.17) is 11.6 Å². The molecule has 0 amide bonds. The van der Waals surface area contributed by atoms with E-state index < -0.39 is 5.56 Å². The molecule has 0 radical (unpaired) electrons. The molecule has 17 heavy (non-hydrogen) atoms. The summed E-state index contributed by atoms with van der Waals surface area (Å²) in [6.07, 6.45) is 0. The van der Waals surface area contributed by atoms with Crippen LogP contribution in [-0.2, 0) is 0 Å². The Morgan fingerprint density at radius 2 is 1.88 bits per heavy atom. The molecule has 0 saturated heterocycles. The van der Waals surface area contributed by atoms with Gasteiger partial charge in [-0.3, -0.25) is 4.79 Å². The van der Waals surface area contributed by atoms with Crippen LogP contribution in [0.4, 0.5) is 0 Å². The first-order chi connectivity index (χ1) is 7.99. The average molecular weight is 250 g/mol. The zero-order chi connectivity index (χ0) is 12.6. The van der Waals surface area contributed by atoms with Gasteiger partial charge < -0.3 is 5.21 Å². The van der Waals surface area contributed by atoms with E-state index in [0.29, 0.717) is 15.4 Å². The quantitative estimate of drug-likeness (QED) is 0.790. The third-order valence-corrected chi connectivity index (χ3v) is 3.03. The summed E-state index contributed by atoms with van der Waals surface area (Å²) in [5.41, 5.74) is 2.50. The molecule has 0 bridgehead atoms. The number of pyridine rings is 1. The van der Waals surface area contributed by atoms with Crippen LogP contribution in [0, 0.1) is 13.8 Å². The highest BCUT2D eigenvalue weighted by Crippen LogP contribution is 2.24. The normalized spacial score (nSPS) is 10.5. The van der Waals surface area contributed by atoms with Gasteiger partial charge in [0.1, 0.15) is 0 Å². The Bertz CT molecular complexity index is 632. The third-order valence-electron chi connectivity index (χ3n) is 2.61. The van der Waals surface area contributed by atoms with Crippen molar-refractivity contribution in [2.75, 3.05) is 0 Å². The molecule has 88 valence electrons. The molecule has 0 aliphatic carbocycles. The largest absolute Gasteiger partial charge is 0.425 e. The highest BCUT2D eigenvalue weighted by Gasteiger charge is 2.07. The van der Waals surface area contributed by atoms with Gasteiger partial charge in [-0.1, -0.05) is 17.7 Å². The van der Waals surface area contributed by atoms with Crippen molar-refractivity contribution < 1.29 is 5.21 Å². The lowest BCUT2D eigenvalue weighted by Crippen LogP contribution is -2.18. The number of hydrogen-bond acceptors (Lipinski definition) is 2. The Balaban J connectivity index is 2.68. The van der Waals surface area contributed by atoms with Crippen molar-refractivity contribution in [2.45, 2.75) is 13.8 Å². The lowest BCUT2D eigenvalue weighted by molar-refractivity contribution is 0.179. The van der Waals surface area contributed by atoms with E-state index in [1.165, 1.54) is 6.07 Å². The fourth-order valence-electron chi connectivity index (χ4n) is 1.70. The lowest BCUT2D eigenvalue weighted by Gasteiger charge is -2.08. The smallest absolute Gasteiger partial charge is 0.283 e. The summed E-state index contributed by atoms with van der Waals surface area (Å²) in [5, 5.41) is 10.4. The Morgan fingerprint density at radius 3 is 2.53 bits per heavy atom. The van der Waals surface area contributed by atoms with Crippen LogP contribution in [0.5, 0.6) is 0 Å². The van der Waals surface area contributed by atoms with Gasteiger partial charge in [-0.05, 0) is 43.2 Å². The van der Waals surface area contributed by atoms with Crippen molar-refractivity contribution >= 4 is 11.6 Å². The van der Waals surface area contributed by atoms with Crippen LogP contribution in [0.2, 0.25) is 5.02 Å². The molecule has 0 aliphatic rings. The number of benzene rings is 1. The number of nitrogens with zero attached hydrogens (tertiary/aromatic N) is 1. The summed E-state index contributed by atoms with van der Waals surface area (Å²) >= 11 is 5.94. The van der Waals surface area contributed by atoms with Gasteiger partial charge in [0, 0.05) is 16.7 Å². The molecule has 4 heteroatoms. The molecule has 2 rings (SSSR count). The first-order valence-electron chi connectivity index (χ1n) is 5.18. The van der Waals surface area contributed by atoms with Crippen molar-refractivity contribution in [1.29, 1.82) is 0 Å². The van der Waals surface area contributed by atoms with E-state index in [1.807, 2.05) is 19.9 Å². The molecule has 1 aromatic carbocycles. The summed E-state index contributed by atoms with van der Waals surface area (Å²) in [6, 6.07) is 8.49. The minimum Gasteiger partial charge on any atom is -0.425 e. The van der Waals surface area contributed by atoms with Crippen LogP contribution in [0.3, 0.4) is 0 Å². The summed E-state index contributed by atoms with van der Waals surface area (Å²) in [7, 11) is 0. The number of aryl methyl sites for hydroxylation is 2. The zero-order valence-electron chi connectivity index (χ0n) is 9.57. The molecule has 0 saturated carbocycles. The molecule has 0 fully saturated rings. The SMILES string of the molecule is Cc1cc(-c2ccc(Cl)c(C)c2)n(O)c(=O)c1. The first-order valence-corrected chi connectivity index (χ1v) is 5.56. The molecule has 2 aromatic rings. The van der Waals surface area contributed by atoms with E-state index in [2.05, 4.69) is 0 Å². The van der Waals surface area contributed by atoms with Crippen LogP contribution in [0.15, 0.2) is 35.1 Å². The van der Waals surface area contributed by atoms with Gasteiger partial charge in [0.15, 0.2) is 0 Å². The topological polar surface area (TPSA) is 42.2 Å². The number of halogens is 1. The molecule has 0 aliphatic heterocycles. The fourth-order valence-corrected chi connectivity index (χ4v) is 1.82. The molecule has 3 nitrogen and oxygen atoms in total. The van der Waals surface area contributed by atoms with E-state index in [1.54, 1.807) is 18.2 Å². The maximum atomic E-state index is 11.5. The number of rotatable bonds is 1. The van der Waals surface area contributed by atoms with Gasteiger partial charge in [-0.15, -0.1) is 4.73 Å². The van der Waals surface area contributed by atoms with Gasteiger partial charge in [0.05, 0.1) is 5.69 Å². The van der Waals surface area contributed by atoms with Crippen LogP contribution in [-0.4, -0.2) is 9.94 Å². The average Bonchev–Trinajstić information content (AvgIpc) is 2.27. The van der Waals surface area contributed by atoms with E-state index >= 15 is 0 Å². The van der Waals surface area contributed by atoms with Crippen LogP contribution < -0.4 is 5.56 Å². The maximum Gasteiger partial charge on any atom is 0.283 e. The predicted molar refractivity (Wildman–Crippen MR) is 67.8 cm³/mol. The molecule has 0 unspecified atom stereocenters. The first kappa shape index (κ1) is 11.7. The molecule has 0 spiro atoms. The molecule has 0 atom stereocenters. The second-order valence-corrected chi connectivity index (χ2v) is 4.44. The Kier molecular flexibility index (Phi) is 2.94. The van der Waals surface area contributed by atoms with Gasteiger partial charge in [0.2, 0.25) is 0 Å². The zero-order valence-corrected chi connectivity index (χ0v) is 10.3.